The van der Waals surface area contributed by atoms with Crippen LogP contribution in [0.1, 0.15) is 0 Å². The molecule has 4 aromatic rings. The molecule has 0 atom stereocenters. The van der Waals surface area contributed by atoms with Gasteiger partial charge in [-0.3, -0.25) is 0 Å². The highest BCUT2D eigenvalue weighted by Gasteiger charge is 2.10. The molecule has 0 unspecified atom stereocenters. The molecule has 0 N–H and O–H groups in total. The molecule has 0 aliphatic carbocycles. The van der Waals surface area contributed by atoms with Crippen LogP contribution < -0.4 is 0 Å². The molecule has 3 aromatic carbocycles. The first kappa shape index (κ1) is 11.7. The lowest BCUT2D eigenvalue weighted by Crippen LogP contribution is -1.78. The van der Waals surface area contributed by atoms with Crippen molar-refractivity contribution in [1.29, 1.82) is 0 Å². The van der Waals surface area contributed by atoms with Crippen LogP contribution in [0.3, 0.4) is 0 Å². The van der Waals surface area contributed by atoms with Gasteiger partial charge in [-0.2, -0.15) is 0 Å². The number of oxazole rings is 1. The molecule has 0 radical (unpaired) electrons. The van der Waals surface area contributed by atoms with Gasteiger partial charge in [-0.05, 0) is 51.0 Å². The van der Waals surface area contributed by atoms with Crippen molar-refractivity contribution in [3.8, 4) is 11.5 Å². The van der Waals surface area contributed by atoms with Crippen molar-refractivity contribution < 1.29 is 4.42 Å². The SMILES string of the molecule is Brc1cccc2oc(-c3ccc4ccccc4c3)nc12. The van der Waals surface area contributed by atoms with E-state index in [1.165, 1.54) is 10.8 Å². The fraction of sp³-hybridized carbons (Fsp3) is 0. The third-order valence-electron chi connectivity index (χ3n) is 3.37. The Morgan fingerprint density at radius 1 is 0.850 bits per heavy atom. The number of rotatable bonds is 1. The first-order chi connectivity index (χ1) is 9.81. The van der Waals surface area contributed by atoms with E-state index in [1.54, 1.807) is 0 Å². The van der Waals surface area contributed by atoms with E-state index in [1.807, 2.05) is 36.4 Å². The van der Waals surface area contributed by atoms with Gasteiger partial charge in [-0.25, -0.2) is 4.98 Å². The molecule has 96 valence electrons. The molecule has 20 heavy (non-hydrogen) atoms. The summed E-state index contributed by atoms with van der Waals surface area (Å²) >= 11 is 3.50. The van der Waals surface area contributed by atoms with E-state index in [4.69, 9.17) is 4.42 Å². The molecule has 0 spiro atoms. The molecule has 0 aliphatic rings. The Bertz CT molecular complexity index is 926. The fourth-order valence-corrected chi connectivity index (χ4v) is 2.80. The van der Waals surface area contributed by atoms with Gasteiger partial charge in [0, 0.05) is 10.0 Å². The van der Waals surface area contributed by atoms with Crippen LogP contribution in [0.4, 0.5) is 0 Å². The fourth-order valence-electron chi connectivity index (χ4n) is 2.36. The maximum absolute atomic E-state index is 5.84. The van der Waals surface area contributed by atoms with E-state index in [2.05, 4.69) is 45.2 Å². The quantitative estimate of drug-likeness (QED) is 0.468. The van der Waals surface area contributed by atoms with Crippen molar-refractivity contribution >= 4 is 37.8 Å². The number of aromatic nitrogens is 1. The topological polar surface area (TPSA) is 26.0 Å². The lowest BCUT2D eigenvalue weighted by molar-refractivity contribution is 0.620. The molecule has 0 bridgehead atoms. The summed E-state index contributed by atoms with van der Waals surface area (Å²) in [7, 11) is 0. The second-order valence-electron chi connectivity index (χ2n) is 4.67. The second kappa shape index (κ2) is 4.46. The summed E-state index contributed by atoms with van der Waals surface area (Å²) in [4.78, 5) is 4.58. The zero-order valence-corrected chi connectivity index (χ0v) is 12.1. The Labute approximate surface area is 124 Å². The monoisotopic (exact) mass is 323 g/mol. The molecule has 1 aromatic heterocycles. The molecule has 1 heterocycles. The van der Waals surface area contributed by atoms with Crippen molar-refractivity contribution in [3.63, 3.8) is 0 Å². The average molecular weight is 324 g/mol. The predicted molar refractivity (Wildman–Crippen MR) is 84.7 cm³/mol. The van der Waals surface area contributed by atoms with Crippen molar-refractivity contribution in [3.05, 3.63) is 65.1 Å². The molecule has 2 nitrogen and oxygen atoms in total. The zero-order chi connectivity index (χ0) is 13.5. The molecule has 0 fully saturated rings. The van der Waals surface area contributed by atoms with Crippen molar-refractivity contribution in [2.24, 2.45) is 0 Å². The van der Waals surface area contributed by atoms with Crippen LogP contribution in [0.15, 0.2) is 69.6 Å². The zero-order valence-electron chi connectivity index (χ0n) is 10.5. The van der Waals surface area contributed by atoms with Gasteiger partial charge in [-0.15, -0.1) is 0 Å². The second-order valence-corrected chi connectivity index (χ2v) is 5.52. The van der Waals surface area contributed by atoms with Crippen molar-refractivity contribution in [2.45, 2.75) is 0 Å². The highest BCUT2D eigenvalue weighted by Crippen LogP contribution is 2.30. The van der Waals surface area contributed by atoms with E-state index in [9.17, 15) is 0 Å². The predicted octanol–water partition coefficient (Wildman–Crippen LogP) is 5.41. The minimum atomic E-state index is 0.651. The van der Waals surface area contributed by atoms with E-state index >= 15 is 0 Å². The number of fused-ring (bicyclic) bond motifs is 2. The Hall–Kier alpha value is -2.13. The molecular weight excluding hydrogens is 314 g/mol. The smallest absolute Gasteiger partial charge is 0.227 e. The first-order valence-electron chi connectivity index (χ1n) is 6.35. The van der Waals surface area contributed by atoms with Gasteiger partial charge in [0.2, 0.25) is 5.89 Å². The summed E-state index contributed by atoms with van der Waals surface area (Å²) in [6, 6.07) is 20.4. The number of hydrogen-bond donors (Lipinski definition) is 0. The van der Waals surface area contributed by atoms with Crippen molar-refractivity contribution in [1.82, 2.24) is 4.98 Å². The van der Waals surface area contributed by atoms with Gasteiger partial charge >= 0.3 is 0 Å². The highest BCUT2D eigenvalue weighted by molar-refractivity contribution is 9.10. The van der Waals surface area contributed by atoms with Crippen LogP contribution in [-0.2, 0) is 0 Å². The average Bonchev–Trinajstić information content (AvgIpc) is 2.92. The molecular formula is C17H10BrNO. The number of benzene rings is 3. The van der Waals surface area contributed by atoms with E-state index in [0.29, 0.717) is 5.89 Å². The van der Waals surface area contributed by atoms with E-state index in [0.717, 1.165) is 21.1 Å². The van der Waals surface area contributed by atoms with Crippen LogP contribution in [0, 0.1) is 0 Å². The van der Waals surface area contributed by atoms with Crippen LogP contribution in [0.5, 0.6) is 0 Å². The molecule has 0 saturated carbocycles. The summed E-state index contributed by atoms with van der Waals surface area (Å²) < 4.78 is 6.79. The maximum Gasteiger partial charge on any atom is 0.227 e. The summed E-state index contributed by atoms with van der Waals surface area (Å²) in [5, 5.41) is 2.40. The Kier molecular flexibility index (Phi) is 2.60. The number of halogens is 1. The number of para-hydroxylation sites is 1. The van der Waals surface area contributed by atoms with Crippen LogP contribution in [-0.4, -0.2) is 4.98 Å². The summed E-state index contributed by atoms with van der Waals surface area (Å²) in [6.07, 6.45) is 0. The van der Waals surface area contributed by atoms with Gasteiger partial charge in [0.1, 0.15) is 5.52 Å². The molecule has 0 amide bonds. The third-order valence-corrected chi connectivity index (χ3v) is 4.01. The standard InChI is InChI=1S/C17H10BrNO/c18-14-6-3-7-15-16(14)19-17(20-15)13-9-8-11-4-1-2-5-12(11)10-13/h1-10H. The minimum Gasteiger partial charge on any atom is -0.436 e. The number of hydrogen-bond acceptors (Lipinski definition) is 2. The van der Waals surface area contributed by atoms with Gasteiger partial charge in [0.05, 0.1) is 0 Å². The molecule has 3 heteroatoms. The Morgan fingerprint density at radius 3 is 2.55 bits per heavy atom. The van der Waals surface area contributed by atoms with Gasteiger partial charge in [-0.1, -0.05) is 36.4 Å². The van der Waals surface area contributed by atoms with E-state index < -0.39 is 0 Å². The van der Waals surface area contributed by atoms with Crippen LogP contribution in [0.25, 0.3) is 33.3 Å². The minimum absolute atomic E-state index is 0.651. The Balaban J connectivity index is 1.94. The molecule has 0 aliphatic heterocycles. The van der Waals surface area contributed by atoms with Gasteiger partial charge in [0.25, 0.3) is 0 Å². The third kappa shape index (κ3) is 1.82. The molecule has 0 saturated heterocycles. The maximum atomic E-state index is 5.84. The highest BCUT2D eigenvalue weighted by atomic mass is 79.9. The summed E-state index contributed by atoms with van der Waals surface area (Å²) in [5.74, 6) is 0.651. The van der Waals surface area contributed by atoms with Crippen LogP contribution >= 0.6 is 15.9 Å². The van der Waals surface area contributed by atoms with E-state index in [-0.39, 0.29) is 0 Å². The largest absolute Gasteiger partial charge is 0.436 e. The summed E-state index contributed by atoms with van der Waals surface area (Å²) in [6.45, 7) is 0. The number of nitrogens with zero attached hydrogens (tertiary/aromatic N) is 1. The van der Waals surface area contributed by atoms with Crippen molar-refractivity contribution in [2.75, 3.05) is 0 Å². The van der Waals surface area contributed by atoms with Gasteiger partial charge in [0.15, 0.2) is 5.58 Å². The molecule has 4 rings (SSSR count). The normalized spacial score (nSPS) is 11.2. The lowest BCUT2D eigenvalue weighted by atomic mass is 10.1. The van der Waals surface area contributed by atoms with Gasteiger partial charge < -0.3 is 4.42 Å². The Morgan fingerprint density at radius 2 is 1.70 bits per heavy atom. The summed E-state index contributed by atoms with van der Waals surface area (Å²) in [5.41, 5.74) is 2.64. The first-order valence-corrected chi connectivity index (χ1v) is 7.15. The lowest BCUT2D eigenvalue weighted by Gasteiger charge is -1.99. The van der Waals surface area contributed by atoms with Crippen LogP contribution in [0.2, 0.25) is 0 Å².